The van der Waals surface area contributed by atoms with Crippen molar-refractivity contribution in [3.8, 4) is 33.3 Å². The zero-order valence-electron chi connectivity index (χ0n) is 34.8. The van der Waals surface area contributed by atoms with Gasteiger partial charge in [0.15, 0.2) is 5.76 Å². The number of hydrogen-bond donors (Lipinski definition) is 3. The van der Waals surface area contributed by atoms with Gasteiger partial charge in [-0.2, -0.15) is 0 Å². The summed E-state index contributed by atoms with van der Waals surface area (Å²) in [5.74, 6) is -0.0690. The summed E-state index contributed by atoms with van der Waals surface area (Å²) in [4.78, 5) is 39.5. The lowest BCUT2D eigenvalue weighted by molar-refractivity contribution is -0.141. The maximum atomic E-state index is 14.2. The van der Waals surface area contributed by atoms with E-state index >= 15 is 0 Å². The van der Waals surface area contributed by atoms with Gasteiger partial charge in [0.25, 0.3) is 5.88 Å². The van der Waals surface area contributed by atoms with E-state index in [1.807, 2.05) is 68.7 Å². The molecule has 318 valence electrons. The SMILES string of the molecule is Cc1ncsc1-c1ccc(CNC(=O)[C@@H]2C[C@@H](O)CN2C(=O)C(c2cc(OC3CCC3N3CCC(c4sc5nnc(-c6ccccc6O)cc5c4C)CC3)no2)C(C)C)cc1. The summed E-state index contributed by atoms with van der Waals surface area (Å²) in [5.41, 5.74) is 7.42. The van der Waals surface area contributed by atoms with Crippen molar-refractivity contribution in [2.75, 3.05) is 19.6 Å². The number of fused-ring (bicyclic) bond motifs is 1. The number of carbonyl (C=O) groups is 2. The molecule has 3 N–H and O–H groups in total. The lowest BCUT2D eigenvalue weighted by Gasteiger charge is -2.46. The van der Waals surface area contributed by atoms with E-state index in [-0.39, 0.29) is 48.6 Å². The van der Waals surface area contributed by atoms with Crippen LogP contribution in [0.4, 0.5) is 0 Å². The van der Waals surface area contributed by atoms with E-state index in [0.29, 0.717) is 35.4 Å². The van der Waals surface area contributed by atoms with Crippen LogP contribution in [0.25, 0.3) is 31.9 Å². The zero-order chi connectivity index (χ0) is 42.4. The van der Waals surface area contributed by atoms with Gasteiger partial charge in [0, 0.05) is 47.4 Å². The van der Waals surface area contributed by atoms with Crippen LogP contribution in [0.3, 0.4) is 0 Å². The standard InChI is InChI=1S/C46H51N7O6S2/c1-25(2)41(46(57)53-23-31(54)19-36(53)44(56)47-22-28-9-11-29(12-10-28)43-27(4)48-24-60-43)39-21-40(51-59-39)58-38-14-13-35(38)52-17-15-30(16-18-52)42-26(3)33-20-34(49-50-45(33)61-42)32-7-5-6-8-37(32)55/h5-12,20-21,24-25,30-31,35-36,38,41,54-55H,13-19,22-23H2,1-4H3,(H,47,56)/t31-,35?,36+,38?,41?/m1/s1. The van der Waals surface area contributed by atoms with Crippen LogP contribution in [-0.4, -0.2) is 96.1 Å². The fraction of sp³-hybridized carbons (Fsp3) is 0.435. The second-order valence-electron chi connectivity index (χ2n) is 17.0. The molecule has 3 fully saturated rings. The zero-order valence-corrected chi connectivity index (χ0v) is 36.4. The number of nitrogens with zero attached hydrogens (tertiary/aromatic N) is 6. The van der Waals surface area contributed by atoms with Gasteiger partial charge in [-0.25, -0.2) is 4.98 Å². The predicted molar refractivity (Wildman–Crippen MR) is 235 cm³/mol. The number of amides is 2. The maximum Gasteiger partial charge on any atom is 0.254 e. The average Bonchev–Trinajstić information content (AvgIpc) is 4.06. The van der Waals surface area contributed by atoms with Gasteiger partial charge in [0.05, 0.1) is 27.9 Å². The quantitative estimate of drug-likeness (QED) is 0.111. The summed E-state index contributed by atoms with van der Waals surface area (Å²) in [6.07, 6.45) is 3.34. The number of ether oxygens (including phenoxy) is 1. The Bertz CT molecular complexity index is 2530. The number of likely N-dealkylation sites (tertiary alicyclic amines) is 2. The van der Waals surface area contributed by atoms with E-state index in [0.717, 1.165) is 70.7 Å². The molecule has 15 heteroatoms. The molecule has 0 spiro atoms. The monoisotopic (exact) mass is 861 g/mol. The second kappa shape index (κ2) is 17.3. The number of thiophene rings is 1. The highest BCUT2D eigenvalue weighted by molar-refractivity contribution is 7.19. The summed E-state index contributed by atoms with van der Waals surface area (Å²) < 4.78 is 12.2. The van der Waals surface area contributed by atoms with Crippen LogP contribution < -0.4 is 10.1 Å². The van der Waals surface area contributed by atoms with Crippen molar-refractivity contribution in [1.82, 2.24) is 35.5 Å². The number of para-hydroxylation sites is 1. The number of aromatic nitrogens is 4. The molecular formula is C46H51N7O6S2. The van der Waals surface area contributed by atoms with E-state index in [1.165, 1.54) is 15.3 Å². The highest BCUT2D eigenvalue weighted by Crippen LogP contribution is 2.42. The maximum absolute atomic E-state index is 14.2. The molecule has 3 aliphatic rings. The minimum atomic E-state index is -0.809. The topological polar surface area (TPSA) is 167 Å². The van der Waals surface area contributed by atoms with Gasteiger partial charge in [-0.15, -0.1) is 32.9 Å². The van der Waals surface area contributed by atoms with Crippen LogP contribution >= 0.6 is 22.7 Å². The van der Waals surface area contributed by atoms with Crippen LogP contribution in [-0.2, 0) is 16.1 Å². The minimum Gasteiger partial charge on any atom is -0.507 e. The first kappa shape index (κ1) is 41.1. The number of carbonyl (C=O) groups excluding carboxylic acids is 2. The summed E-state index contributed by atoms with van der Waals surface area (Å²) in [6.45, 7) is 10.3. The van der Waals surface area contributed by atoms with Gasteiger partial charge in [-0.1, -0.05) is 50.2 Å². The third kappa shape index (κ3) is 8.28. The number of piperidine rings is 1. The largest absolute Gasteiger partial charge is 0.507 e. The Kier molecular flexibility index (Phi) is 11.7. The van der Waals surface area contributed by atoms with E-state index in [4.69, 9.17) is 9.26 Å². The third-order valence-electron chi connectivity index (χ3n) is 12.8. The number of aliphatic hydroxyl groups is 1. The Balaban J connectivity index is 0.800. The highest BCUT2D eigenvalue weighted by Gasteiger charge is 2.44. The molecule has 6 aromatic rings. The molecule has 13 nitrogen and oxygen atoms in total. The number of aromatic hydroxyl groups is 1. The molecule has 6 heterocycles. The van der Waals surface area contributed by atoms with Crippen molar-refractivity contribution < 1.29 is 29.1 Å². The van der Waals surface area contributed by atoms with E-state index in [2.05, 4.69) is 37.5 Å². The van der Waals surface area contributed by atoms with Crippen LogP contribution in [0.5, 0.6) is 11.6 Å². The number of phenols is 1. The van der Waals surface area contributed by atoms with Crippen molar-refractivity contribution in [3.05, 3.63) is 93.6 Å². The van der Waals surface area contributed by atoms with Gasteiger partial charge >= 0.3 is 0 Å². The van der Waals surface area contributed by atoms with Crippen molar-refractivity contribution in [2.24, 2.45) is 5.92 Å². The van der Waals surface area contributed by atoms with Crippen molar-refractivity contribution >= 4 is 44.7 Å². The minimum absolute atomic E-state index is 0.0355. The molecule has 2 amide bonds. The second-order valence-corrected chi connectivity index (χ2v) is 18.9. The third-order valence-corrected chi connectivity index (χ3v) is 15.1. The van der Waals surface area contributed by atoms with Gasteiger partial charge in [0.2, 0.25) is 11.8 Å². The number of rotatable bonds is 12. The number of hydrogen-bond acceptors (Lipinski definition) is 13. The van der Waals surface area contributed by atoms with Crippen molar-refractivity contribution in [1.29, 1.82) is 0 Å². The smallest absolute Gasteiger partial charge is 0.254 e. The first-order valence-corrected chi connectivity index (χ1v) is 22.9. The van der Waals surface area contributed by atoms with Crippen LogP contribution in [0, 0.1) is 19.8 Å². The number of aryl methyl sites for hydroxylation is 2. The van der Waals surface area contributed by atoms with Crippen molar-refractivity contribution in [3.63, 3.8) is 0 Å². The van der Waals surface area contributed by atoms with Gasteiger partial charge in [-0.3, -0.25) is 14.5 Å². The molecular weight excluding hydrogens is 811 g/mol. The Morgan fingerprint density at radius 2 is 1.80 bits per heavy atom. The molecule has 4 aromatic heterocycles. The molecule has 5 atom stereocenters. The number of β-amino-alcohol motifs (C(OH)–C–C–N with tert-alkyl or cyclic N) is 1. The first-order valence-electron chi connectivity index (χ1n) is 21.2. The number of phenolic OH excluding ortho intramolecular Hbond substituents is 1. The predicted octanol–water partition coefficient (Wildman–Crippen LogP) is 7.60. The Hall–Kier alpha value is -5.22. The number of nitrogens with one attached hydrogen (secondary N) is 1. The molecule has 2 saturated heterocycles. The lowest BCUT2D eigenvalue weighted by atomic mass is 9.84. The van der Waals surface area contributed by atoms with Crippen LogP contribution in [0.15, 0.2) is 70.7 Å². The molecule has 61 heavy (non-hydrogen) atoms. The Morgan fingerprint density at radius 1 is 1.02 bits per heavy atom. The van der Waals surface area contributed by atoms with E-state index in [1.54, 1.807) is 40.9 Å². The molecule has 0 radical (unpaired) electrons. The number of thiazole rings is 1. The summed E-state index contributed by atoms with van der Waals surface area (Å²) in [5, 5.41) is 38.4. The number of benzene rings is 2. The van der Waals surface area contributed by atoms with E-state index in [9.17, 15) is 19.8 Å². The lowest BCUT2D eigenvalue weighted by Crippen LogP contribution is -2.55. The molecule has 1 aliphatic carbocycles. The van der Waals surface area contributed by atoms with Gasteiger partial charge in [-0.05, 0) is 105 Å². The number of aliphatic hydroxyl groups excluding tert-OH is 1. The molecule has 2 aromatic carbocycles. The van der Waals surface area contributed by atoms with Gasteiger partial charge < -0.3 is 29.7 Å². The Labute approximate surface area is 362 Å². The van der Waals surface area contributed by atoms with Crippen LogP contribution in [0.1, 0.15) is 85.2 Å². The molecule has 1 saturated carbocycles. The highest BCUT2D eigenvalue weighted by atomic mass is 32.1. The van der Waals surface area contributed by atoms with E-state index < -0.39 is 18.1 Å². The van der Waals surface area contributed by atoms with Crippen LogP contribution in [0.2, 0.25) is 0 Å². The fourth-order valence-electron chi connectivity index (χ4n) is 9.26. The Morgan fingerprint density at radius 3 is 2.51 bits per heavy atom. The summed E-state index contributed by atoms with van der Waals surface area (Å²) >= 11 is 3.32. The van der Waals surface area contributed by atoms with Crippen molar-refractivity contribution in [2.45, 2.75) is 102 Å². The average molecular weight is 862 g/mol. The summed E-state index contributed by atoms with van der Waals surface area (Å²) in [6, 6.07) is 18.5. The summed E-state index contributed by atoms with van der Waals surface area (Å²) in [7, 11) is 0. The first-order chi connectivity index (χ1) is 29.5. The van der Waals surface area contributed by atoms with Gasteiger partial charge in [0.1, 0.15) is 28.6 Å². The molecule has 3 unspecified atom stereocenters. The fourth-order valence-corrected chi connectivity index (χ4v) is 11.3. The molecule has 0 bridgehead atoms. The normalized spacial score (nSPS) is 21.5. The molecule has 9 rings (SSSR count). The molecule has 2 aliphatic heterocycles.